The number of amides is 1. The number of nitrogens with zero attached hydrogens (tertiary/aromatic N) is 1. The van der Waals surface area contributed by atoms with Crippen LogP contribution in [0.5, 0.6) is 0 Å². The summed E-state index contributed by atoms with van der Waals surface area (Å²) >= 11 is 0. The van der Waals surface area contributed by atoms with Crippen molar-refractivity contribution >= 4 is 15.9 Å². The van der Waals surface area contributed by atoms with Crippen molar-refractivity contribution in [1.29, 1.82) is 0 Å². The molecule has 1 heterocycles. The average molecular weight is 381 g/mol. The van der Waals surface area contributed by atoms with E-state index in [2.05, 4.69) is 11.6 Å². The van der Waals surface area contributed by atoms with E-state index in [-0.39, 0.29) is 29.5 Å². The van der Waals surface area contributed by atoms with Crippen molar-refractivity contribution in [2.24, 2.45) is 17.8 Å². The zero-order chi connectivity index (χ0) is 18.7. The monoisotopic (exact) mass is 380 g/mol. The quantitative estimate of drug-likeness (QED) is 0.744. The summed E-state index contributed by atoms with van der Waals surface area (Å²) in [5.74, 6) is 0.974. The van der Waals surface area contributed by atoms with Gasteiger partial charge in [0.05, 0.1) is 12.4 Å². The molecule has 26 heavy (non-hydrogen) atoms. The van der Waals surface area contributed by atoms with E-state index in [9.17, 15) is 13.2 Å². The topological polar surface area (TPSA) is 75.7 Å². The Morgan fingerprint density at radius 1 is 1.27 bits per heavy atom. The van der Waals surface area contributed by atoms with Gasteiger partial charge in [0.2, 0.25) is 15.9 Å². The van der Waals surface area contributed by atoms with E-state index in [1.54, 1.807) is 7.11 Å². The number of fused-ring (bicyclic) bond motifs is 1. The van der Waals surface area contributed by atoms with Crippen molar-refractivity contribution in [3.05, 3.63) is 35.9 Å². The van der Waals surface area contributed by atoms with Gasteiger partial charge in [0.25, 0.3) is 0 Å². The van der Waals surface area contributed by atoms with Gasteiger partial charge in [-0.2, -0.15) is 0 Å². The van der Waals surface area contributed by atoms with Crippen LogP contribution in [0, 0.1) is 17.8 Å². The van der Waals surface area contributed by atoms with Gasteiger partial charge in [0, 0.05) is 32.7 Å². The van der Waals surface area contributed by atoms with Gasteiger partial charge in [0.15, 0.2) is 0 Å². The molecule has 0 aromatic heterocycles. The highest BCUT2D eigenvalue weighted by Gasteiger charge is 2.50. The van der Waals surface area contributed by atoms with Crippen LogP contribution in [0.1, 0.15) is 25.3 Å². The van der Waals surface area contributed by atoms with Crippen molar-refractivity contribution in [2.45, 2.75) is 31.6 Å². The van der Waals surface area contributed by atoms with Gasteiger partial charge in [-0.3, -0.25) is 4.79 Å². The number of hydrogen-bond acceptors (Lipinski definition) is 4. The number of likely N-dealkylation sites (tertiary alicyclic amines) is 1. The first-order chi connectivity index (χ1) is 12.4. The lowest BCUT2D eigenvalue weighted by atomic mass is 9.89. The number of nitrogens with one attached hydrogen (secondary N) is 1. The minimum atomic E-state index is -3.38. The Morgan fingerprint density at radius 2 is 2.00 bits per heavy atom. The van der Waals surface area contributed by atoms with Crippen LogP contribution in [0.25, 0.3) is 0 Å². The Balaban J connectivity index is 1.60. The number of benzene rings is 1. The van der Waals surface area contributed by atoms with Crippen molar-refractivity contribution in [2.75, 3.05) is 26.8 Å². The Bertz CT molecular complexity index is 722. The first-order valence-electron chi connectivity index (χ1n) is 9.21. The normalized spacial score (nSPS) is 28.5. The van der Waals surface area contributed by atoms with Gasteiger partial charge in [0.1, 0.15) is 0 Å². The highest BCUT2D eigenvalue weighted by atomic mass is 32.2. The van der Waals surface area contributed by atoms with Crippen LogP contribution in [0.2, 0.25) is 0 Å². The van der Waals surface area contributed by atoms with E-state index in [0.717, 1.165) is 12.0 Å². The number of methoxy groups -OCH3 is 1. The van der Waals surface area contributed by atoms with Crippen molar-refractivity contribution < 1.29 is 17.9 Å². The van der Waals surface area contributed by atoms with Gasteiger partial charge in [-0.25, -0.2) is 13.1 Å². The third kappa shape index (κ3) is 4.27. The van der Waals surface area contributed by atoms with Crippen LogP contribution < -0.4 is 4.72 Å². The summed E-state index contributed by atoms with van der Waals surface area (Å²) in [6, 6.07) is 9.40. The lowest BCUT2D eigenvalue weighted by Gasteiger charge is -2.24. The number of hydrogen-bond donors (Lipinski definition) is 1. The van der Waals surface area contributed by atoms with Crippen LogP contribution in [0.3, 0.4) is 0 Å². The number of ether oxygens (including phenoxy) is 1. The second kappa shape index (κ2) is 8.06. The molecule has 0 spiro atoms. The fraction of sp³-hybridized carbons (Fsp3) is 0.632. The number of rotatable bonds is 8. The summed E-state index contributed by atoms with van der Waals surface area (Å²) in [6.45, 7) is 3.73. The van der Waals surface area contributed by atoms with Crippen LogP contribution in [0.4, 0.5) is 0 Å². The number of carbonyl (C=O) groups excluding carboxylic acids is 1. The van der Waals surface area contributed by atoms with Crippen molar-refractivity contribution in [3.63, 3.8) is 0 Å². The van der Waals surface area contributed by atoms with E-state index >= 15 is 0 Å². The third-order valence-electron chi connectivity index (χ3n) is 5.79. The molecule has 144 valence electrons. The van der Waals surface area contributed by atoms with Crippen LogP contribution in [-0.2, 0) is 25.3 Å². The van der Waals surface area contributed by atoms with Gasteiger partial charge in [-0.15, -0.1) is 0 Å². The highest BCUT2D eigenvalue weighted by Crippen LogP contribution is 2.45. The molecular weight excluding hydrogens is 352 g/mol. The lowest BCUT2D eigenvalue weighted by Crippen LogP contribution is -2.37. The predicted octanol–water partition coefficient (Wildman–Crippen LogP) is 1.63. The summed E-state index contributed by atoms with van der Waals surface area (Å²) in [6.07, 6.45) is 1.45. The maximum atomic E-state index is 12.4. The zero-order valence-corrected chi connectivity index (χ0v) is 16.2. The first-order valence-corrected chi connectivity index (χ1v) is 10.9. The van der Waals surface area contributed by atoms with E-state index in [0.29, 0.717) is 32.0 Å². The molecule has 2 fully saturated rings. The molecule has 1 N–H and O–H groups in total. The van der Waals surface area contributed by atoms with Crippen LogP contribution >= 0.6 is 0 Å². The molecule has 0 unspecified atom stereocenters. The molecule has 4 atom stereocenters. The Morgan fingerprint density at radius 3 is 2.69 bits per heavy atom. The largest absolute Gasteiger partial charge is 0.383 e. The van der Waals surface area contributed by atoms with Crippen molar-refractivity contribution in [1.82, 2.24) is 9.62 Å². The predicted molar refractivity (Wildman–Crippen MR) is 99.8 cm³/mol. The molecule has 1 saturated carbocycles. The molecule has 1 aromatic carbocycles. The number of sulfonamides is 1. The second-order valence-electron chi connectivity index (χ2n) is 7.49. The summed E-state index contributed by atoms with van der Waals surface area (Å²) in [5.41, 5.74) is 0.777. The molecule has 1 saturated heterocycles. The summed E-state index contributed by atoms with van der Waals surface area (Å²) in [7, 11) is -1.75. The van der Waals surface area contributed by atoms with E-state index in [1.165, 1.54) is 0 Å². The minimum absolute atomic E-state index is 0.0120. The maximum absolute atomic E-state index is 12.4. The molecule has 7 heteroatoms. The van der Waals surface area contributed by atoms with Crippen molar-refractivity contribution in [3.8, 4) is 0 Å². The molecule has 1 aliphatic carbocycles. The Hall–Kier alpha value is -1.44. The standard InChI is InChI=1S/C19H28N2O4S/c1-14-10-18-16(11-19(22)21(18)8-9-25-2)17(14)12-20-26(23,24)13-15-6-4-3-5-7-15/h3-7,14,16-18,20H,8-13H2,1-2H3/t14-,16-,17+,18+/m0/s1. The van der Waals surface area contributed by atoms with E-state index < -0.39 is 10.0 Å². The summed E-state index contributed by atoms with van der Waals surface area (Å²) in [5, 5.41) is 0. The average Bonchev–Trinajstić information content (AvgIpc) is 3.05. The van der Waals surface area contributed by atoms with E-state index in [1.807, 2.05) is 35.2 Å². The maximum Gasteiger partial charge on any atom is 0.223 e. The molecule has 6 nitrogen and oxygen atoms in total. The molecular formula is C19H28N2O4S. The molecule has 2 aliphatic rings. The molecule has 3 rings (SSSR count). The summed E-state index contributed by atoms with van der Waals surface area (Å²) < 4.78 is 32.7. The fourth-order valence-corrected chi connectivity index (χ4v) is 5.67. The second-order valence-corrected chi connectivity index (χ2v) is 9.29. The first kappa shape index (κ1) is 19.3. The van der Waals surface area contributed by atoms with Gasteiger partial charge in [-0.05, 0) is 29.7 Å². The van der Waals surface area contributed by atoms with Crippen LogP contribution in [-0.4, -0.2) is 52.1 Å². The van der Waals surface area contributed by atoms with E-state index in [4.69, 9.17) is 4.74 Å². The lowest BCUT2D eigenvalue weighted by molar-refractivity contribution is -0.129. The fourth-order valence-electron chi connectivity index (χ4n) is 4.49. The highest BCUT2D eigenvalue weighted by molar-refractivity contribution is 7.88. The summed E-state index contributed by atoms with van der Waals surface area (Å²) in [4.78, 5) is 14.3. The molecule has 1 aromatic rings. The van der Waals surface area contributed by atoms with Crippen LogP contribution in [0.15, 0.2) is 30.3 Å². The molecule has 0 radical (unpaired) electrons. The molecule has 0 bridgehead atoms. The van der Waals surface area contributed by atoms with Gasteiger partial charge >= 0.3 is 0 Å². The number of carbonyl (C=O) groups is 1. The molecule has 1 amide bonds. The van der Waals surface area contributed by atoms with Gasteiger partial charge in [-0.1, -0.05) is 37.3 Å². The third-order valence-corrected chi connectivity index (χ3v) is 7.11. The van der Waals surface area contributed by atoms with Gasteiger partial charge < -0.3 is 9.64 Å². The zero-order valence-electron chi connectivity index (χ0n) is 15.4. The smallest absolute Gasteiger partial charge is 0.223 e. The Kier molecular flexibility index (Phi) is 5.99. The minimum Gasteiger partial charge on any atom is -0.383 e. The SMILES string of the molecule is COCCN1C(=O)C[C@H]2[C@H](CNS(=O)(=O)Cc3ccccc3)[C@@H](C)C[C@H]21. The molecule has 1 aliphatic heterocycles. The Labute approximate surface area is 156 Å².